The molecule has 6 heteroatoms. The van der Waals surface area contributed by atoms with E-state index in [4.69, 9.17) is 0 Å². The highest BCUT2D eigenvalue weighted by atomic mass is 32.1. The van der Waals surface area contributed by atoms with Gasteiger partial charge >= 0.3 is 0 Å². The summed E-state index contributed by atoms with van der Waals surface area (Å²) in [6, 6.07) is 15.8. The fourth-order valence-electron chi connectivity index (χ4n) is 4.04. The molecule has 5 nitrogen and oxygen atoms in total. The van der Waals surface area contributed by atoms with E-state index >= 15 is 0 Å². The van der Waals surface area contributed by atoms with Crippen LogP contribution in [0, 0.1) is 12.8 Å². The zero-order valence-electron chi connectivity index (χ0n) is 16.6. The molecular formula is C23H26N4OS. The fourth-order valence-corrected chi connectivity index (χ4v) is 4.66. The number of pyridine rings is 2. The smallest absolute Gasteiger partial charge is 0.261 e. The van der Waals surface area contributed by atoms with Crippen LogP contribution in [-0.2, 0) is 6.54 Å². The Morgan fingerprint density at radius 1 is 1.24 bits per heavy atom. The highest BCUT2D eigenvalue weighted by Gasteiger charge is 2.31. The summed E-state index contributed by atoms with van der Waals surface area (Å²) in [6.07, 6.45) is 3.98. The first-order valence-corrected chi connectivity index (χ1v) is 11.0. The van der Waals surface area contributed by atoms with Crippen molar-refractivity contribution in [2.75, 3.05) is 13.1 Å². The predicted molar refractivity (Wildman–Crippen MR) is 116 cm³/mol. The number of nitrogens with zero attached hydrogens (tertiary/aromatic N) is 3. The molecule has 3 aromatic heterocycles. The summed E-state index contributed by atoms with van der Waals surface area (Å²) < 4.78 is 0. The molecule has 1 fully saturated rings. The number of carbonyl (C=O) groups excluding carboxylic acids is 1. The van der Waals surface area contributed by atoms with Gasteiger partial charge in [0.15, 0.2) is 0 Å². The summed E-state index contributed by atoms with van der Waals surface area (Å²) in [6.45, 7) is 4.84. The van der Waals surface area contributed by atoms with Gasteiger partial charge < -0.3 is 5.32 Å². The Bertz CT molecular complexity index is 929. The molecule has 1 aliphatic rings. The van der Waals surface area contributed by atoms with Gasteiger partial charge in [0.05, 0.1) is 22.3 Å². The van der Waals surface area contributed by atoms with Crippen molar-refractivity contribution in [1.82, 2.24) is 20.2 Å². The summed E-state index contributed by atoms with van der Waals surface area (Å²) >= 11 is 1.47. The monoisotopic (exact) mass is 406 g/mol. The molecule has 0 saturated carbocycles. The van der Waals surface area contributed by atoms with Crippen LogP contribution in [0.1, 0.15) is 45.6 Å². The van der Waals surface area contributed by atoms with Gasteiger partial charge in [-0.3, -0.25) is 19.7 Å². The lowest BCUT2D eigenvalue weighted by molar-refractivity contribution is 0.0878. The van der Waals surface area contributed by atoms with Gasteiger partial charge in [-0.2, -0.15) is 0 Å². The maximum Gasteiger partial charge on any atom is 0.261 e. The van der Waals surface area contributed by atoms with E-state index < -0.39 is 0 Å². The number of hydrogen-bond donors (Lipinski definition) is 1. The van der Waals surface area contributed by atoms with Crippen molar-refractivity contribution < 1.29 is 4.79 Å². The van der Waals surface area contributed by atoms with Gasteiger partial charge in [-0.15, -0.1) is 11.3 Å². The van der Waals surface area contributed by atoms with Crippen LogP contribution in [0.5, 0.6) is 0 Å². The topological polar surface area (TPSA) is 58.1 Å². The molecule has 150 valence electrons. The summed E-state index contributed by atoms with van der Waals surface area (Å²) in [5.41, 5.74) is 3.08. The van der Waals surface area contributed by atoms with E-state index in [1.54, 1.807) is 6.20 Å². The first-order valence-electron chi connectivity index (χ1n) is 10.1. The maximum atomic E-state index is 12.8. The number of piperidine rings is 1. The fraction of sp³-hybridized carbons (Fsp3) is 0.348. The molecule has 29 heavy (non-hydrogen) atoms. The number of rotatable bonds is 6. The second-order valence-corrected chi connectivity index (χ2v) is 8.54. The summed E-state index contributed by atoms with van der Waals surface area (Å²) in [7, 11) is 0. The Morgan fingerprint density at radius 3 is 2.93 bits per heavy atom. The Labute approximate surface area is 175 Å². The van der Waals surface area contributed by atoms with Crippen LogP contribution in [0.4, 0.5) is 0 Å². The van der Waals surface area contributed by atoms with Crippen LogP contribution in [0.2, 0.25) is 0 Å². The van der Waals surface area contributed by atoms with E-state index in [0.29, 0.717) is 5.92 Å². The minimum Gasteiger partial charge on any atom is -0.343 e. The Morgan fingerprint density at radius 2 is 2.17 bits per heavy atom. The molecule has 3 aromatic rings. The highest BCUT2D eigenvalue weighted by molar-refractivity contribution is 7.12. The van der Waals surface area contributed by atoms with E-state index in [1.807, 2.05) is 48.7 Å². The quantitative estimate of drug-likeness (QED) is 0.666. The Hall–Kier alpha value is -2.57. The number of hydrogen-bond acceptors (Lipinski definition) is 5. The molecule has 0 aliphatic carbocycles. The summed E-state index contributed by atoms with van der Waals surface area (Å²) in [5, 5.41) is 5.20. The number of aryl methyl sites for hydroxylation is 1. The van der Waals surface area contributed by atoms with Crippen molar-refractivity contribution in [2.24, 2.45) is 5.92 Å². The highest BCUT2D eigenvalue weighted by Crippen LogP contribution is 2.30. The molecule has 0 spiro atoms. The van der Waals surface area contributed by atoms with Gasteiger partial charge in [-0.25, -0.2) is 0 Å². The lowest BCUT2D eigenvalue weighted by Gasteiger charge is -2.37. The molecule has 0 unspecified atom stereocenters. The third-order valence-corrected chi connectivity index (χ3v) is 6.25. The van der Waals surface area contributed by atoms with Gasteiger partial charge in [0.25, 0.3) is 5.91 Å². The largest absolute Gasteiger partial charge is 0.343 e. The third kappa shape index (κ3) is 5.08. The molecule has 2 atom stereocenters. The van der Waals surface area contributed by atoms with Crippen LogP contribution in [0.25, 0.3) is 0 Å². The number of carbonyl (C=O) groups is 1. The van der Waals surface area contributed by atoms with E-state index in [9.17, 15) is 4.79 Å². The minimum absolute atomic E-state index is 0.0203. The van der Waals surface area contributed by atoms with Crippen molar-refractivity contribution in [3.05, 3.63) is 82.1 Å². The van der Waals surface area contributed by atoms with Crippen LogP contribution < -0.4 is 5.32 Å². The standard InChI is InChI=1S/C23H26N4OS/c1-17-7-4-9-19(25-17)16-27-13-5-8-18(15-27)22(20-10-2-3-12-24-20)26-23(28)21-11-6-14-29-21/h2-4,6-7,9-12,14,18,22H,5,8,13,15-16H2,1H3,(H,26,28)/t18-,22-/m0/s1. The van der Waals surface area contributed by atoms with Crippen molar-refractivity contribution in [3.8, 4) is 0 Å². The van der Waals surface area contributed by atoms with Crippen LogP contribution in [-0.4, -0.2) is 33.9 Å². The lowest BCUT2D eigenvalue weighted by Crippen LogP contribution is -2.43. The molecule has 1 saturated heterocycles. The van der Waals surface area contributed by atoms with Gasteiger partial charge in [-0.05, 0) is 67.9 Å². The predicted octanol–water partition coefficient (Wildman–Crippen LogP) is 4.23. The zero-order chi connectivity index (χ0) is 20.1. The molecule has 1 aliphatic heterocycles. The van der Waals surface area contributed by atoms with E-state index in [1.165, 1.54) is 11.3 Å². The maximum absolute atomic E-state index is 12.8. The van der Waals surface area contributed by atoms with Crippen molar-refractivity contribution in [2.45, 2.75) is 32.4 Å². The molecule has 4 heterocycles. The van der Waals surface area contributed by atoms with Crippen LogP contribution in [0.3, 0.4) is 0 Å². The number of nitrogens with one attached hydrogen (secondary N) is 1. The Balaban J connectivity index is 1.51. The van der Waals surface area contributed by atoms with E-state index in [2.05, 4.69) is 32.3 Å². The number of likely N-dealkylation sites (tertiary alicyclic amines) is 1. The molecule has 4 rings (SSSR count). The molecule has 0 bridgehead atoms. The van der Waals surface area contributed by atoms with Crippen LogP contribution in [0.15, 0.2) is 60.1 Å². The first kappa shape index (κ1) is 19.7. The second-order valence-electron chi connectivity index (χ2n) is 7.59. The van der Waals surface area contributed by atoms with Gasteiger partial charge in [0.2, 0.25) is 0 Å². The van der Waals surface area contributed by atoms with Gasteiger partial charge in [0.1, 0.15) is 0 Å². The molecule has 1 N–H and O–H groups in total. The van der Waals surface area contributed by atoms with Gasteiger partial charge in [-0.1, -0.05) is 18.2 Å². The molecule has 0 aromatic carbocycles. The number of thiophene rings is 1. The zero-order valence-corrected chi connectivity index (χ0v) is 17.4. The summed E-state index contributed by atoms with van der Waals surface area (Å²) in [4.78, 5) is 25.2. The number of amides is 1. The Kier molecular flexibility index (Phi) is 6.32. The van der Waals surface area contributed by atoms with Crippen molar-refractivity contribution >= 4 is 17.2 Å². The average Bonchev–Trinajstić information content (AvgIpc) is 3.28. The van der Waals surface area contributed by atoms with Gasteiger partial charge in [0, 0.05) is 25.0 Å². The SMILES string of the molecule is Cc1cccc(CN2CCC[C@H]([C@H](NC(=O)c3cccs3)c3ccccn3)C2)n1. The van der Waals surface area contributed by atoms with Crippen LogP contribution >= 0.6 is 11.3 Å². The van der Waals surface area contributed by atoms with Crippen molar-refractivity contribution in [3.63, 3.8) is 0 Å². The van der Waals surface area contributed by atoms with E-state index in [-0.39, 0.29) is 11.9 Å². The lowest BCUT2D eigenvalue weighted by atomic mass is 9.88. The van der Waals surface area contributed by atoms with E-state index in [0.717, 1.165) is 54.4 Å². The first-order chi connectivity index (χ1) is 14.2. The second kappa shape index (κ2) is 9.29. The van der Waals surface area contributed by atoms with Crippen molar-refractivity contribution in [1.29, 1.82) is 0 Å². The third-order valence-electron chi connectivity index (χ3n) is 5.38. The summed E-state index contributed by atoms with van der Waals surface area (Å²) in [5.74, 6) is 0.292. The molecular weight excluding hydrogens is 380 g/mol. The minimum atomic E-state index is -0.0981. The molecule has 1 amide bonds. The molecule has 0 radical (unpaired) electrons. The number of aromatic nitrogens is 2. The average molecular weight is 407 g/mol. The normalized spacial score (nSPS) is 18.3.